The van der Waals surface area contributed by atoms with Crippen molar-refractivity contribution in [2.24, 2.45) is 29.1 Å². The summed E-state index contributed by atoms with van der Waals surface area (Å²) >= 11 is 1.57. The summed E-state index contributed by atoms with van der Waals surface area (Å²) in [6.45, 7) is 14.4. The largest absolute Gasteiger partial charge is 0.449 e. The Hall–Kier alpha value is -3.67. The highest BCUT2D eigenvalue weighted by molar-refractivity contribution is 7.13. The van der Waals surface area contributed by atoms with E-state index in [9.17, 15) is 24.3 Å². The number of aliphatic hydroxyl groups excluding tert-OH is 1. The van der Waals surface area contributed by atoms with Crippen LogP contribution < -0.4 is 16.0 Å². The molecular weight excluding hydrogens is 791 g/mol. The minimum Gasteiger partial charge on any atom is -0.449 e. The van der Waals surface area contributed by atoms with Gasteiger partial charge in [0.2, 0.25) is 23.5 Å². The van der Waals surface area contributed by atoms with Gasteiger partial charge in [-0.05, 0) is 73.8 Å². The third-order valence-electron chi connectivity index (χ3n) is 13.5. The molecule has 1 aromatic heterocycles. The van der Waals surface area contributed by atoms with Gasteiger partial charge in [0, 0.05) is 51.2 Å². The number of aromatic nitrogens is 1. The lowest BCUT2D eigenvalue weighted by molar-refractivity contribution is -0.571. The standard InChI is InChI=1S/C44H63N5O10S/c1-25-10-15-32-26(2)34(56-40-44(32)31(25)16-18-43(7,57-40)58-59-44)17-20-55-41(54)45-19-8-9-35(51)48-37(42(4,5)6)39(53)49-23-30(50)21-33(49)38(52)46-22-28-11-13-29(14-12-28)36-27(3)47-24-60-36/h11-14,24-26,30-34,37,40,50H,8-10,15-23H2,1-7H3,(H,45,54)(H,46,52)(H,48,51). The molecule has 0 radical (unpaired) electrons. The minimum absolute atomic E-state index is 0.0155. The molecular formula is C44H63N5O10S. The number of nitrogens with one attached hydrogen (secondary N) is 3. The molecule has 5 aliphatic heterocycles. The van der Waals surface area contributed by atoms with Gasteiger partial charge in [-0.2, -0.15) is 0 Å². The Bertz CT molecular complexity index is 1870. The summed E-state index contributed by atoms with van der Waals surface area (Å²) in [5.41, 5.74) is 3.39. The van der Waals surface area contributed by atoms with Gasteiger partial charge in [-0.1, -0.05) is 58.9 Å². The lowest BCUT2D eigenvalue weighted by Crippen LogP contribution is -2.70. The number of hydrogen-bond donors (Lipinski definition) is 4. The smallest absolute Gasteiger partial charge is 0.407 e. The summed E-state index contributed by atoms with van der Waals surface area (Å²) in [5, 5.41) is 19.1. The predicted octanol–water partition coefficient (Wildman–Crippen LogP) is 5.37. The number of benzene rings is 1. The number of ether oxygens (including phenoxy) is 3. The fourth-order valence-corrected chi connectivity index (χ4v) is 10.9. The van der Waals surface area contributed by atoms with Crippen molar-refractivity contribution in [3.63, 3.8) is 0 Å². The summed E-state index contributed by atoms with van der Waals surface area (Å²) < 4.78 is 18.6. The van der Waals surface area contributed by atoms with Crippen molar-refractivity contribution in [3.8, 4) is 10.4 Å². The van der Waals surface area contributed by atoms with Gasteiger partial charge in [0.05, 0.1) is 34.9 Å². The monoisotopic (exact) mass is 853 g/mol. The number of fused-ring (bicyclic) bond motifs is 2. The van der Waals surface area contributed by atoms with Crippen LogP contribution in [0.3, 0.4) is 0 Å². The van der Waals surface area contributed by atoms with Gasteiger partial charge in [0.1, 0.15) is 12.1 Å². The van der Waals surface area contributed by atoms with E-state index in [1.807, 2.05) is 64.4 Å². The van der Waals surface area contributed by atoms with Crippen LogP contribution in [0.2, 0.25) is 0 Å². The number of carbonyl (C=O) groups excluding carboxylic acids is 4. The van der Waals surface area contributed by atoms with Crippen LogP contribution in [0, 0.1) is 36.0 Å². The van der Waals surface area contributed by atoms with Crippen LogP contribution in [-0.4, -0.2) is 100 Å². The van der Waals surface area contributed by atoms with Gasteiger partial charge in [-0.25, -0.2) is 19.6 Å². The summed E-state index contributed by atoms with van der Waals surface area (Å²) in [7, 11) is 0. The van der Waals surface area contributed by atoms with Crippen LogP contribution in [0.5, 0.6) is 0 Å². The lowest BCUT2D eigenvalue weighted by Gasteiger charge is -2.60. The zero-order chi connectivity index (χ0) is 43.0. The topological polar surface area (TPSA) is 187 Å². The second kappa shape index (κ2) is 18.0. The fraction of sp³-hybridized carbons (Fsp3) is 0.705. The Balaban J connectivity index is 0.843. The van der Waals surface area contributed by atoms with Crippen molar-refractivity contribution >= 4 is 35.2 Å². The number of hydrogen-bond acceptors (Lipinski definition) is 12. The molecule has 16 heteroatoms. The molecule has 60 heavy (non-hydrogen) atoms. The van der Waals surface area contributed by atoms with Crippen LogP contribution in [-0.2, 0) is 44.9 Å². The van der Waals surface area contributed by atoms with Crippen LogP contribution in [0.1, 0.15) is 104 Å². The van der Waals surface area contributed by atoms with Crippen molar-refractivity contribution in [1.82, 2.24) is 25.8 Å². The molecule has 1 saturated carbocycles. The molecule has 15 nitrogen and oxygen atoms in total. The molecule has 6 aliphatic rings. The molecule has 1 aliphatic carbocycles. The second-order valence-electron chi connectivity index (χ2n) is 18.8. The van der Waals surface area contributed by atoms with Crippen molar-refractivity contribution in [2.75, 3.05) is 19.7 Å². The highest BCUT2D eigenvalue weighted by atomic mass is 32.1. The average Bonchev–Trinajstić information content (AvgIpc) is 3.74. The Kier molecular flexibility index (Phi) is 13.3. The van der Waals surface area contributed by atoms with E-state index in [2.05, 4.69) is 34.8 Å². The number of carbonyl (C=O) groups is 4. The first kappa shape index (κ1) is 44.4. The molecule has 11 atom stereocenters. The number of nitrogens with zero attached hydrogens (tertiary/aromatic N) is 2. The van der Waals surface area contributed by atoms with Crippen molar-refractivity contribution in [3.05, 3.63) is 41.0 Å². The van der Waals surface area contributed by atoms with Gasteiger partial charge in [-0.15, -0.1) is 11.3 Å². The third-order valence-corrected chi connectivity index (χ3v) is 14.5. The lowest BCUT2D eigenvalue weighted by atomic mass is 9.57. The third kappa shape index (κ3) is 9.24. The van der Waals surface area contributed by atoms with Crippen molar-refractivity contribution < 1.29 is 48.3 Å². The molecule has 4 N–H and O–H groups in total. The Labute approximate surface area is 356 Å². The van der Waals surface area contributed by atoms with E-state index in [0.29, 0.717) is 18.8 Å². The first-order valence-electron chi connectivity index (χ1n) is 21.6. The molecule has 1 aromatic carbocycles. The molecule has 2 bridgehead atoms. The normalized spacial score (nSPS) is 32.7. The van der Waals surface area contributed by atoms with E-state index in [1.54, 1.807) is 11.3 Å². The van der Waals surface area contributed by atoms with Crippen LogP contribution >= 0.6 is 11.3 Å². The fourth-order valence-electron chi connectivity index (χ4n) is 10.1. The Morgan fingerprint density at radius 1 is 1.07 bits per heavy atom. The molecule has 6 fully saturated rings. The maximum absolute atomic E-state index is 14.0. The van der Waals surface area contributed by atoms with E-state index >= 15 is 0 Å². The molecule has 4 amide bonds. The molecule has 11 unspecified atom stereocenters. The minimum atomic E-state index is -0.950. The number of aryl methyl sites for hydroxylation is 1. The Morgan fingerprint density at radius 3 is 2.55 bits per heavy atom. The summed E-state index contributed by atoms with van der Waals surface area (Å²) in [6.07, 6.45) is 2.58. The molecule has 6 heterocycles. The predicted molar refractivity (Wildman–Crippen MR) is 222 cm³/mol. The molecule has 8 rings (SSSR count). The van der Waals surface area contributed by atoms with Gasteiger partial charge in [0.25, 0.3) is 0 Å². The van der Waals surface area contributed by atoms with Crippen LogP contribution in [0.4, 0.5) is 4.79 Å². The number of alkyl carbamates (subject to hydrolysis) is 1. The molecule has 330 valence electrons. The quantitative estimate of drug-likeness (QED) is 0.150. The van der Waals surface area contributed by atoms with Gasteiger partial charge >= 0.3 is 6.09 Å². The first-order valence-corrected chi connectivity index (χ1v) is 22.5. The van der Waals surface area contributed by atoms with Crippen molar-refractivity contribution in [2.45, 2.75) is 148 Å². The number of thiazole rings is 1. The number of aliphatic hydroxyl groups is 1. The average molecular weight is 854 g/mol. The maximum Gasteiger partial charge on any atom is 0.407 e. The van der Waals surface area contributed by atoms with E-state index in [4.69, 9.17) is 24.0 Å². The first-order chi connectivity index (χ1) is 28.5. The number of amides is 4. The van der Waals surface area contributed by atoms with Gasteiger partial charge < -0.3 is 40.2 Å². The van der Waals surface area contributed by atoms with Crippen LogP contribution in [0.15, 0.2) is 29.8 Å². The second-order valence-corrected chi connectivity index (χ2v) is 19.7. The van der Waals surface area contributed by atoms with Crippen LogP contribution in [0.25, 0.3) is 10.4 Å². The van der Waals surface area contributed by atoms with E-state index in [-0.39, 0.29) is 74.8 Å². The highest BCUT2D eigenvalue weighted by Crippen LogP contribution is 2.60. The molecule has 5 saturated heterocycles. The summed E-state index contributed by atoms with van der Waals surface area (Å²) in [4.78, 5) is 72.2. The SMILES string of the molecule is Cc1ncsc1-c1ccc(CNC(=O)C2CC(O)CN2C(=O)C(NC(=O)CCCNC(=O)OCCC2OC3OC4(C)CCC5C(C)CCC(C2C)C35OO4)C(C)(C)C)cc1. The zero-order valence-electron chi connectivity index (χ0n) is 36.0. The van der Waals surface area contributed by atoms with Crippen molar-refractivity contribution in [1.29, 1.82) is 0 Å². The number of β-amino-alcohol motifs (C(OH)–C–C–N with tert-alkyl or cyclic N) is 1. The van der Waals surface area contributed by atoms with E-state index in [0.717, 1.165) is 47.4 Å². The summed E-state index contributed by atoms with van der Waals surface area (Å²) in [5.74, 6) is -0.928. The summed E-state index contributed by atoms with van der Waals surface area (Å²) in [6, 6.07) is 6.03. The van der Waals surface area contributed by atoms with Gasteiger partial charge in [-0.3, -0.25) is 14.4 Å². The number of rotatable bonds is 13. The number of likely N-dealkylation sites (tertiary alicyclic amines) is 1. The van der Waals surface area contributed by atoms with Gasteiger partial charge in [0.15, 0.2) is 11.9 Å². The maximum atomic E-state index is 14.0. The molecule has 2 aromatic rings. The zero-order valence-corrected chi connectivity index (χ0v) is 36.8. The van der Waals surface area contributed by atoms with E-state index in [1.165, 1.54) is 4.90 Å². The molecule has 1 spiro atoms. The van der Waals surface area contributed by atoms with E-state index < -0.39 is 53.3 Å². The highest BCUT2D eigenvalue weighted by Gasteiger charge is 2.69. The Morgan fingerprint density at radius 2 is 1.83 bits per heavy atom.